The van der Waals surface area contributed by atoms with Gasteiger partial charge in [-0.1, -0.05) is 50.2 Å². The van der Waals surface area contributed by atoms with Crippen LogP contribution < -0.4 is 0 Å². The van der Waals surface area contributed by atoms with E-state index in [0.717, 1.165) is 58.3 Å². The molecule has 0 fully saturated rings. The molecule has 0 amide bonds. The Morgan fingerprint density at radius 3 is 1.86 bits per heavy atom. The number of carbonyl (C=O) groups excluding carboxylic acids is 1. The molecule has 0 radical (unpaired) electrons. The Morgan fingerprint density at radius 1 is 0.690 bits per heavy atom. The van der Waals surface area contributed by atoms with Gasteiger partial charge >= 0.3 is 17.8 Å². The summed E-state index contributed by atoms with van der Waals surface area (Å²) in [5, 5.41) is 0. The number of alkyl halides is 6. The molecule has 0 aliphatic heterocycles. The predicted octanol–water partition coefficient (Wildman–Crippen LogP) is 10.8. The zero-order valence-electron chi connectivity index (χ0n) is 23.2. The Balaban J connectivity index is 1.56. The molecule has 2 aliphatic carbocycles. The minimum atomic E-state index is -5.66. The van der Waals surface area contributed by atoms with Crippen molar-refractivity contribution in [3.8, 4) is 21.6 Å². The van der Waals surface area contributed by atoms with Crippen molar-refractivity contribution in [2.45, 2.75) is 63.7 Å². The lowest BCUT2D eigenvalue weighted by Crippen LogP contribution is -2.48. The topological polar surface area (TPSA) is 17.1 Å². The number of halogens is 6. The fraction of sp³-hybridized carbons (Fsp3) is 0.303. The van der Waals surface area contributed by atoms with Crippen LogP contribution >= 0.6 is 22.7 Å². The number of benzene rings is 2. The van der Waals surface area contributed by atoms with E-state index in [4.69, 9.17) is 0 Å². The average molecular weight is 617 g/mol. The Kier molecular flexibility index (Phi) is 6.48. The molecule has 0 saturated carbocycles. The number of aldehydes is 1. The third-order valence-corrected chi connectivity index (χ3v) is 11.0. The van der Waals surface area contributed by atoms with Crippen molar-refractivity contribution in [2.75, 3.05) is 0 Å². The van der Waals surface area contributed by atoms with Crippen molar-refractivity contribution < 1.29 is 31.1 Å². The van der Waals surface area contributed by atoms with E-state index in [-0.39, 0.29) is 25.6 Å². The molecule has 2 aromatic carbocycles. The van der Waals surface area contributed by atoms with Gasteiger partial charge in [-0.3, -0.25) is 4.79 Å². The normalized spacial score (nSPS) is 19.2. The van der Waals surface area contributed by atoms with E-state index in [1.165, 1.54) is 25.5 Å². The van der Waals surface area contributed by atoms with Gasteiger partial charge in [0.15, 0.2) is 6.29 Å². The Morgan fingerprint density at radius 2 is 1.26 bits per heavy atom. The van der Waals surface area contributed by atoms with Gasteiger partial charge in [0.2, 0.25) is 0 Å². The van der Waals surface area contributed by atoms with Crippen LogP contribution in [0.4, 0.5) is 26.3 Å². The number of carbonyl (C=O) groups is 1. The molecule has 0 atom stereocenters. The molecule has 9 heteroatoms. The number of hydrogen-bond donors (Lipinski definition) is 0. The first-order valence-electron chi connectivity index (χ1n) is 13.6. The van der Waals surface area contributed by atoms with Crippen molar-refractivity contribution >= 4 is 40.1 Å². The van der Waals surface area contributed by atoms with Crippen LogP contribution in [0.25, 0.3) is 32.7 Å². The summed E-state index contributed by atoms with van der Waals surface area (Å²) < 4.78 is 91.4. The first-order chi connectivity index (χ1) is 19.8. The number of aryl methyl sites for hydroxylation is 2. The zero-order valence-corrected chi connectivity index (χ0v) is 24.8. The van der Waals surface area contributed by atoms with E-state index in [1.807, 2.05) is 30.3 Å². The second-order valence-electron chi connectivity index (χ2n) is 10.9. The van der Waals surface area contributed by atoms with Crippen LogP contribution in [0.3, 0.4) is 0 Å². The molecular weight excluding hydrogens is 590 g/mol. The van der Waals surface area contributed by atoms with E-state index in [9.17, 15) is 13.6 Å². The third-order valence-electron chi connectivity index (χ3n) is 8.94. The summed E-state index contributed by atoms with van der Waals surface area (Å²) in [4.78, 5) is 12.1. The van der Waals surface area contributed by atoms with Crippen LogP contribution in [0.1, 0.15) is 68.4 Å². The van der Waals surface area contributed by atoms with Gasteiger partial charge in [0.1, 0.15) is 0 Å². The van der Waals surface area contributed by atoms with E-state index in [1.54, 1.807) is 0 Å². The van der Waals surface area contributed by atoms with Crippen molar-refractivity contribution in [3.05, 3.63) is 91.5 Å². The summed E-state index contributed by atoms with van der Waals surface area (Å²) in [7, 11) is 0. The fourth-order valence-corrected chi connectivity index (χ4v) is 8.61. The molecule has 42 heavy (non-hydrogen) atoms. The second kappa shape index (κ2) is 9.41. The van der Waals surface area contributed by atoms with Gasteiger partial charge < -0.3 is 0 Å². The van der Waals surface area contributed by atoms with Crippen molar-refractivity contribution in [1.29, 1.82) is 0 Å². The minimum Gasteiger partial charge on any atom is -0.297 e. The van der Waals surface area contributed by atoms with Gasteiger partial charge in [-0.05, 0) is 83.8 Å². The van der Waals surface area contributed by atoms with Crippen molar-refractivity contribution in [2.24, 2.45) is 0 Å². The van der Waals surface area contributed by atoms with Crippen LogP contribution in [0.15, 0.2) is 54.6 Å². The maximum atomic E-state index is 15.5. The molecule has 6 rings (SSSR count). The summed E-state index contributed by atoms with van der Waals surface area (Å²) in [5.74, 6) is -16.0. The van der Waals surface area contributed by atoms with Gasteiger partial charge in [-0.25, -0.2) is 0 Å². The van der Waals surface area contributed by atoms with Gasteiger partial charge in [0.25, 0.3) is 0 Å². The maximum Gasteiger partial charge on any atom is 0.380 e. The number of rotatable bonds is 6. The van der Waals surface area contributed by atoms with Crippen molar-refractivity contribution in [1.82, 2.24) is 0 Å². The van der Waals surface area contributed by atoms with Gasteiger partial charge in [0.05, 0.1) is 4.88 Å². The average Bonchev–Trinajstić information content (AvgIpc) is 3.63. The third kappa shape index (κ3) is 3.59. The smallest absolute Gasteiger partial charge is 0.297 e. The molecule has 2 aliphatic rings. The molecular formula is C33H26F6OS2. The molecule has 0 bridgehead atoms. The van der Waals surface area contributed by atoms with Gasteiger partial charge in [-0.15, -0.1) is 22.7 Å². The second-order valence-corrected chi connectivity index (χ2v) is 13.4. The molecule has 0 saturated heterocycles. The SMILES string of the molecule is CCC1(CC)c2ccccc2-c2ccc(-c3cc(C4=C(c5cc(C=O)sc5C)C(F)(F)C(F)(F)C4(F)F)c(C)s3)cc21. The summed E-state index contributed by atoms with van der Waals surface area (Å²) >= 11 is 1.89. The summed E-state index contributed by atoms with van der Waals surface area (Å²) in [5.41, 5.74) is 1.37. The van der Waals surface area contributed by atoms with E-state index < -0.39 is 34.5 Å². The minimum absolute atomic E-state index is 0.0131. The highest BCUT2D eigenvalue weighted by molar-refractivity contribution is 7.15. The van der Waals surface area contributed by atoms with Gasteiger partial charge in [-0.2, -0.15) is 26.3 Å². The molecule has 0 unspecified atom stereocenters. The molecule has 0 spiro atoms. The molecule has 0 N–H and O–H groups in total. The van der Waals surface area contributed by atoms with Crippen LogP contribution in [-0.4, -0.2) is 24.1 Å². The zero-order chi connectivity index (χ0) is 30.4. The standard InChI is InChI=1S/C33H26F6OS2/c1-5-30(6-2)25-10-8-7-9-21(25)22-12-11-19(13-26(22)30)27-15-24(18(4)42-27)29-28(23-14-20(16-40)41-17(23)3)31(34,35)33(38,39)32(29,36)37/h7-16H,5-6H2,1-4H3. The lowest BCUT2D eigenvalue weighted by Gasteiger charge is -2.29. The highest BCUT2D eigenvalue weighted by Gasteiger charge is 2.80. The number of thiophene rings is 2. The van der Waals surface area contributed by atoms with Crippen LogP contribution in [0.5, 0.6) is 0 Å². The first-order valence-corrected chi connectivity index (χ1v) is 15.2. The molecule has 218 valence electrons. The number of hydrogen-bond acceptors (Lipinski definition) is 3. The van der Waals surface area contributed by atoms with Crippen LogP contribution in [0, 0.1) is 13.8 Å². The van der Waals surface area contributed by atoms with E-state index in [0.29, 0.717) is 16.7 Å². The fourth-order valence-electron chi connectivity index (χ4n) is 6.74. The maximum absolute atomic E-state index is 15.5. The molecule has 4 aromatic rings. The van der Waals surface area contributed by atoms with E-state index >= 15 is 17.6 Å². The van der Waals surface area contributed by atoms with Gasteiger partial charge in [0, 0.05) is 31.2 Å². The van der Waals surface area contributed by atoms with Crippen molar-refractivity contribution in [3.63, 3.8) is 0 Å². The molecule has 2 heterocycles. The highest BCUT2D eigenvalue weighted by atomic mass is 32.1. The highest BCUT2D eigenvalue weighted by Crippen LogP contribution is 2.66. The largest absolute Gasteiger partial charge is 0.380 e. The van der Waals surface area contributed by atoms with Crippen LogP contribution in [0.2, 0.25) is 0 Å². The quantitative estimate of drug-likeness (QED) is 0.156. The Labute approximate surface area is 247 Å². The summed E-state index contributed by atoms with van der Waals surface area (Å²) in [6.45, 7) is 7.06. The predicted molar refractivity (Wildman–Crippen MR) is 157 cm³/mol. The number of allylic oxidation sites excluding steroid dienone is 2. The Bertz CT molecular complexity index is 1790. The monoisotopic (exact) mass is 616 g/mol. The molecule has 2 aromatic heterocycles. The first kappa shape index (κ1) is 28.9. The number of fused-ring (bicyclic) bond motifs is 3. The van der Waals surface area contributed by atoms with Crippen LogP contribution in [-0.2, 0) is 5.41 Å². The molecule has 1 nitrogen and oxygen atoms in total. The Hall–Kier alpha value is -3.17. The lowest BCUT2D eigenvalue weighted by molar-refractivity contribution is -0.254. The summed E-state index contributed by atoms with van der Waals surface area (Å²) in [6, 6.07) is 16.4. The summed E-state index contributed by atoms with van der Waals surface area (Å²) in [6.07, 6.45) is 2.06. The lowest BCUT2D eigenvalue weighted by atomic mass is 9.73. The van der Waals surface area contributed by atoms with E-state index in [2.05, 4.69) is 26.0 Å².